The van der Waals surface area contributed by atoms with Crippen LogP contribution < -0.4 is 10.6 Å². The number of hydrogen-bond donors (Lipinski definition) is 2. The molecule has 2 aromatic carbocycles. The Balaban J connectivity index is 1.70. The van der Waals surface area contributed by atoms with Crippen molar-refractivity contribution >= 4 is 34.9 Å². The van der Waals surface area contributed by atoms with Gasteiger partial charge in [-0.1, -0.05) is 36.7 Å². The van der Waals surface area contributed by atoms with Gasteiger partial charge in [0.1, 0.15) is 0 Å². The molecule has 26 heavy (non-hydrogen) atoms. The van der Waals surface area contributed by atoms with E-state index >= 15 is 0 Å². The van der Waals surface area contributed by atoms with Crippen LogP contribution in [-0.2, 0) is 0 Å². The summed E-state index contributed by atoms with van der Waals surface area (Å²) >= 11 is 5.93. The highest BCUT2D eigenvalue weighted by Gasteiger charge is 2.23. The van der Waals surface area contributed by atoms with Gasteiger partial charge in [0.15, 0.2) is 0 Å². The summed E-state index contributed by atoms with van der Waals surface area (Å²) in [7, 11) is 0. The summed E-state index contributed by atoms with van der Waals surface area (Å²) in [4.78, 5) is 27.0. The zero-order valence-electron chi connectivity index (χ0n) is 14.7. The Morgan fingerprint density at radius 3 is 2.50 bits per heavy atom. The summed E-state index contributed by atoms with van der Waals surface area (Å²) in [5.74, 6) is 0.603. The molecular formula is C20H22ClN3O2. The Labute approximate surface area is 158 Å². The average Bonchev–Trinajstić information content (AvgIpc) is 2.62. The van der Waals surface area contributed by atoms with Crippen LogP contribution in [0.4, 0.5) is 16.2 Å². The molecule has 0 radical (unpaired) electrons. The summed E-state index contributed by atoms with van der Waals surface area (Å²) < 4.78 is 0. The van der Waals surface area contributed by atoms with Crippen LogP contribution in [0.3, 0.4) is 0 Å². The van der Waals surface area contributed by atoms with Gasteiger partial charge in [0.2, 0.25) is 0 Å². The molecule has 2 aromatic rings. The molecule has 0 atom stereocenters. The molecule has 3 rings (SSSR count). The number of amides is 3. The highest BCUT2D eigenvalue weighted by atomic mass is 35.5. The number of para-hydroxylation sites is 1. The smallest absolute Gasteiger partial charge is 0.323 e. The van der Waals surface area contributed by atoms with Gasteiger partial charge >= 0.3 is 6.03 Å². The van der Waals surface area contributed by atoms with Crippen molar-refractivity contribution in [2.24, 2.45) is 5.92 Å². The number of hydrogen-bond acceptors (Lipinski definition) is 2. The summed E-state index contributed by atoms with van der Waals surface area (Å²) in [6.07, 6.45) is 2.02. The molecule has 6 heteroatoms. The topological polar surface area (TPSA) is 61.4 Å². The molecule has 1 heterocycles. The van der Waals surface area contributed by atoms with Crippen molar-refractivity contribution in [2.45, 2.75) is 19.8 Å². The lowest BCUT2D eigenvalue weighted by Gasteiger charge is -2.30. The molecule has 0 bridgehead atoms. The van der Waals surface area contributed by atoms with Crippen molar-refractivity contribution in [3.05, 3.63) is 59.1 Å². The van der Waals surface area contributed by atoms with Crippen molar-refractivity contribution in [1.82, 2.24) is 4.90 Å². The fourth-order valence-corrected chi connectivity index (χ4v) is 3.20. The van der Waals surface area contributed by atoms with E-state index in [2.05, 4.69) is 17.6 Å². The summed E-state index contributed by atoms with van der Waals surface area (Å²) in [5.41, 5.74) is 1.59. The predicted molar refractivity (Wildman–Crippen MR) is 105 cm³/mol. The SMILES string of the molecule is CC1CCN(C(=O)c2ccccc2NC(=O)Nc2cccc(Cl)c2)CC1. The first-order valence-corrected chi connectivity index (χ1v) is 9.12. The number of carbonyl (C=O) groups excluding carboxylic acids is 2. The van der Waals surface area contributed by atoms with Crippen LogP contribution in [0.25, 0.3) is 0 Å². The van der Waals surface area contributed by atoms with E-state index in [0.29, 0.717) is 27.9 Å². The number of anilines is 2. The first kappa shape index (κ1) is 18.3. The number of nitrogens with one attached hydrogen (secondary N) is 2. The molecule has 3 amide bonds. The number of urea groups is 1. The molecule has 1 saturated heterocycles. The van der Waals surface area contributed by atoms with Crippen LogP contribution in [0.2, 0.25) is 5.02 Å². The standard InChI is InChI=1S/C20H22ClN3O2/c1-14-9-11-24(12-10-14)19(25)17-7-2-3-8-18(17)23-20(26)22-16-6-4-5-15(21)13-16/h2-8,13-14H,9-12H2,1H3,(H2,22,23,26). The lowest BCUT2D eigenvalue weighted by molar-refractivity contribution is 0.0698. The molecule has 0 aromatic heterocycles. The molecule has 1 aliphatic rings. The molecular weight excluding hydrogens is 350 g/mol. The van der Waals surface area contributed by atoms with Gasteiger partial charge < -0.3 is 15.5 Å². The van der Waals surface area contributed by atoms with E-state index in [1.165, 1.54) is 0 Å². The summed E-state index contributed by atoms with van der Waals surface area (Å²) in [6.45, 7) is 3.71. The van der Waals surface area contributed by atoms with Crippen LogP contribution in [0.5, 0.6) is 0 Å². The van der Waals surface area contributed by atoms with E-state index in [4.69, 9.17) is 11.6 Å². The fraction of sp³-hybridized carbons (Fsp3) is 0.300. The lowest BCUT2D eigenvalue weighted by atomic mass is 9.98. The van der Waals surface area contributed by atoms with Gasteiger partial charge in [0, 0.05) is 23.8 Å². The van der Waals surface area contributed by atoms with Crippen LogP contribution in [0.15, 0.2) is 48.5 Å². The zero-order chi connectivity index (χ0) is 18.5. The highest BCUT2D eigenvalue weighted by Crippen LogP contribution is 2.22. The first-order valence-electron chi connectivity index (χ1n) is 8.75. The van der Waals surface area contributed by atoms with Gasteiger partial charge in [-0.25, -0.2) is 4.79 Å². The van der Waals surface area contributed by atoms with Crippen molar-refractivity contribution in [3.8, 4) is 0 Å². The largest absolute Gasteiger partial charge is 0.339 e. The monoisotopic (exact) mass is 371 g/mol. The van der Waals surface area contributed by atoms with Crippen molar-refractivity contribution in [3.63, 3.8) is 0 Å². The minimum Gasteiger partial charge on any atom is -0.339 e. The van der Waals surface area contributed by atoms with E-state index in [9.17, 15) is 9.59 Å². The van der Waals surface area contributed by atoms with Crippen LogP contribution in [-0.4, -0.2) is 29.9 Å². The maximum absolute atomic E-state index is 12.8. The van der Waals surface area contributed by atoms with Gasteiger partial charge in [-0.2, -0.15) is 0 Å². The number of likely N-dealkylation sites (tertiary alicyclic amines) is 1. The normalized spacial score (nSPS) is 14.8. The van der Waals surface area contributed by atoms with Gasteiger partial charge in [-0.3, -0.25) is 4.79 Å². The van der Waals surface area contributed by atoms with Crippen molar-refractivity contribution < 1.29 is 9.59 Å². The second-order valence-electron chi connectivity index (χ2n) is 6.61. The molecule has 0 aliphatic carbocycles. The van der Waals surface area contributed by atoms with E-state index in [-0.39, 0.29) is 5.91 Å². The van der Waals surface area contributed by atoms with Crippen LogP contribution in [0, 0.1) is 5.92 Å². The minimum atomic E-state index is -0.417. The molecule has 0 spiro atoms. The highest BCUT2D eigenvalue weighted by molar-refractivity contribution is 6.30. The maximum atomic E-state index is 12.8. The van der Waals surface area contributed by atoms with E-state index in [0.717, 1.165) is 25.9 Å². The maximum Gasteiger partial charge on any atom is 0.323 e. The third-order valence-electron chi connectivity index (χ3n) is 4.56. The Morgan fingerprint density at radius 1 is 1.04 bits per heavy atom. The zero-order valence-corrected chi connectivity index (χ0v) is 15.4. The quantitative estimate of drug-likeness (QED) is 0.809. The first-order chi connectivity index (χ1) is 12.5. The minimum absolute atomic E-state index is 0.0458. The molecule has 1 fully saturated rings. The number of nitrogens with zero attached hydrogens (tertiary/aromatic N) is 1. The summed E-state index contributed by atoms with van der Waals surface area (Å²) in [6, 6.07) is 13.6. The fourth-order valence-electron chi connectivity index (χ4n) is 3.01. The molecule has 5 nitrogen and oxygen atoms in total. The Bertz CT molecular complexity index is 801. The van der Waals surface area contributed by atoms with Crippen LogP contribution in [0.1, 0.15) is 30.1 Å². The number of piperidine rings is 1. The molecule has 136 valence electrons. The predicted octanol–water partition coefficient (Wildman–Crippen LogP) is 4.86. The van der Waals surface area contributed by atoms with Gasteiger partial charge in [-0.05, 0) is 49.1 Å². The Morgan fingerprint density at radius 2 is 1.77 bits per heavy atom. The van der Waals surface area contributed by atoms with E-state index in [1.54, 1.807) is 48.5 Å². The van der Waals surface area contributed by atoms with Crippen molar-refractivity contribution in [1.29, 1.82) is 0 Å². The summed E-state index contributed by atoms with van der Waals surface area (Å²) in [5, 5.41) is 6.03. The Hall–Kier alpha value is -2.53. The molecule has 0 unspecified atom stereocenters. The Kier molecular flexibility index (Phi) is 5.78. The lowest BCUT2D eigenvalue weighted by Crippen LogP contribution is -2.38. The van der Waals surface area contributed by atoms with Gasteiger partial charge in [0.25, 0.3) is 5.91 Å². The second-order valence-corrected chi connectivity index (χ2v) is 7.05. The van der Waals surface area contributed by atoms with Crippen molar-refractivity contribution in [2.75, 3.05) is 23.7 Å². The average molecular weight is 372 g/mol. The van der Waals surface area contributed by atoms with Crippen LogP contribution >= 0.6 is 11.6 Å². The number of rotatable bonds is 3. The number of carbonyl (C=O) groups is 2. The third-order valence-corrected chi connectivity index (χ3v) is 4.79. The van der Waals surface area contributed by atoms with Gasteiger partial charge in [-0.15, -0.1) is 0 Å². The molecule has 1 aliphatic heterocycles. The third kappa shape index (κ3) is 4.55. The number of halogens is 1. The van der Waals surface area contributed by atoms with E-state index < -0.39 is 6.03 Å². The molecule has 0 saturated carbocycles. The van der Waals surface area contributed by atoms with Gasteiger partial charge in [0.05, 0.1) is 11.3 Å². The second kappa shape index (κ2) is 8.23. The molecule has 2 N–H and O–H groups in total. The number of benzene rings is 2. The van der Waals surface area contributed by atoms with E-state index in [1.807, 2.05) is 4.90 Å².